The number of rotatable bonds is 5. The van der Waals surface area contributed by atoms with E-state index in [0.29, 0.717) is 26.1 Å². The summed E-state index contributed by atoms with van der Waals surface area (Å²) in [6.07, 6.45) is 5.43. The lowest BCUT2D eigenvalue weighted by atomic mass is 9.83. The quantitative estimate of drug-likeness (QED) is 0.901. The van der Waals surface area contributed by atoms with Crippen LogP contribution in [0.5, 0.6) is 0 Å². The average Bonchev–Trinajstić information content (AvgIpc) is 2.55. The topological polar surface area (TPSA) is 49.4 Å². The number of nitrogens with zero attached hydrogens (tertiary/aromatic N) is 1. The first kappa shape index (κ1) is 16.9. The predicted octanol–water partition coefficient (Wildman–Crippen LogP) is 2.52. The monoisotopic (exact) mass is 332 g/mol. The molecule has 1 N–H and O–H groups in total. The van der Waals surface area contributed by atoms with Crippen LogP contribution >= 0.6 is 0 Å². The molecule has 1 aliphatic carbocycles. The smallest absolute Gasteiger partial charge is 0.225 e. The summed E-state index contributed by atoms with van der Waals surface area (Å²) in [6.45, 7) is 1.96. The maximum atomic E-state index is 12.8. The zero-order valence-electron chi connectivity index (χ0n) is 14.0. The van der Waals surface area contributed by atoms with E-state index in [-0.39, 0.29) is 29.5 Å². The van der Waals surface area contributed by atoms with Crippen molar-refractivity contribution in [2.24, 2.45) is 11.8 Å². The molecule has 1 aliphatic heterocycles. The Morgan fingerprint density at radius 2 is 1.71 bits per heavy atom. The van der Waals surface area contributed by atoms with Crippen molar-refractivity contribution < 1.29 is 14.0 Å². The molecule has 5 heteroatoms. The molecule has 130 valence electrons. The van der Waals surface area contributed by atoms with Crippen molar-refractivity contribution in [2.75, 3.05) is 19.6 Å². The molecule has 1 aromatic rings. The maximum absolute atomic E-state index is 12.8. The molecule has 2 fully saturated rings. The minimum Gasteiger partial charge on any atom is -0.356 e. The fourth-order valence-corrected chi connectivity index (χ4v) is 3.40. The first-order chi connectivity index (χ1) is 11.6. The predicted molar refractivity (Wildman–Crippen MR) is 89.8 cm³/mol. The molecule has 1 heterocycles. The standard InChI is InChI=1S/C19H25FN2O2/c20-17-6-4-14(5-7-17)8-11-21-18(23)15-9-12-22(13-10-15)19(24)16-2-1-3-16/h4-7,15-16H,1-3,8-13H2,(H,21,23). The third kappa shape index (κ3) is 4.13. The van der Waals surface area contributed by atoms with Gasteiger partial charge in [0.05, 0.1) is 0 Å². The van der Waals surface area contributed by atoms with E-state index in [2.05, 4.69) is 5.32 Å². The number of piperidine rings is 1. The number of hydrogen-bond acceptors (Lipinski definition) is 2. The highest BCUT2D eigenvalue weighted by atomic mass is 19.1. The fourth-order valence-electron chi connectivity index (χ4n) is 3.40. The highest BCUT2D eigenvalue weighted by Gasteiger charge is 2.33. The van der Waals surface area contributed by atoms with Crippen LogP contribution in [0, 0.1) is 17.7 Å². The molecule has 0 bridgehead atoms. The van der Waals surface area contributed by atoms with Gasteiger partial charge in [-0.25, -0.2) is 4.39 Å². The van der Waals surface area contributed by atoms with Gasteiger partial charge in [-0.3, -0.25) is 9.59 Å². The van der Waals surface area contributed by atoms with Gasteiger partial charge < -0.3 is 10.2 Å². The highest BCUT2D eigenvalue weighted by Crippen LogP contribution is 2.30. The molecule has 0 unspecified atom stereocenters. The molecule has 0 aromatic heterocycles. The molecule has 1 saturated heterocycles. The summed E-state index contributed by atoms with van der Waals surface area (Å²) < 4.78 is 12.8. The van der Waals surface area contributed by atoms with Gasteiger partial charge in [-0.15, -0.1) is 0 Å². The van der Waals surface area contributed by atoms with Gasteiger partial charge in [0.15, 0.2) is 0 Å². The number of hydrogen-bond donors (Lipinski definition) is 1. The molecule has 0 radical (unpaired) electrons. The minimum atomic E-state index is -0.244. The van der Waals surface area contributed by atoms with Crippen molar-refractivity contribution >= 4 is 11.8 Å². The van der Waals surface area contributed by atoms with Gasteiger partial charge in [-0.2, -0.15) is 0 Å². The van der Waals surface area contributed by atoms with Crippen molar-refractivity contribution in [1.82, 2.24) is 10.2 Å². The van der Waals surface area contributed by atoms with E-state index in [1.807, 2.05) is 4.90 Å². The Morgan fingerprint density at radius 3 is 2.29 bits per heavy atom. The Morgan fingerprint density at radius 1 is 1.04 bits per heavy atom. The molecular weight excluding hydrogens is 307 g/mol. The van der Waals surface area contributed by atoms with Crippen LogP contribution in [0.1, 0.15) is 37.7 Å². The number of benzene rings is 1. The second kappa shape index (κ2) is 7.77. The third-order valence-corrected chi connectivity index (χ3v) is 5.26. The van der Waals surface area contributed by atoms with Gasteiger partial charge in [0.1, 0.15) is 5.82 Å². The second-order valence-electron chi connectivity index (χ2n) is 6.89. The van der Waals surface area contributed by atoms with Crippen molar-refractivity contribution in [3.63, 3.8) is 0 Å². The summed E-state index contributed by atoms with van der Waals surface area (Å²) in [6, 6.07) is 6.36. The van der Waals surface area contributed by atoms with E-state index < -0.39 is 0 Å². The normalized spacial score (nSPS) is 19.0. The lowest BCUT2D eigenvalue weighted by Gasteiger charge is -2.36. The molecule has 0 spiro atoms. The van der Waals surface area contributed by atoms with Crippen molar-refractivity contribution in [3.8, 4) is 0 Å². The van der Waals surface area contributed by atoms with Crippen LogP contribution in [0.4, 0.5) is 4.39 Å². The van der Waals surface area contributed by atoms with Crippen molar-refractivity contribution in [1.29, 1.82) is 0 Å². The summed E-state index contributed by atoms with van der Waals surface area (Å²) in [5.41, 5.74) is 1.01. The molecule has 1 saturated carbocycles. The molecule has 3 rings (SSSR count). The average molecular weight is 332 g/mol. The van der Waals surface area contributed by atoms with Crippen molar-refractivity contribution in [3.05, 3.63) is 35.6 Å². The molecule has 1 aromatic carbocycles. The molecule has 24 heavy (non-hydrogen) atoms. The Bertz CT molecular complexity index is 576. The Balaban J connectivity index is 1.37. The van der Waals surface area contributed by atoms with Crippen LogP contribution in [0.15, 0.2) is 24.3 Å². The summed E-state index contributed by atoms with van der Waals surface area (Å²) in [7, 11) is 0. The summed E-state index contributed by atoms with van der Waals surface area (Å²) >= 11 is 0. The zero-order valence-corrected chi connectivity index (χ0v) is 14.0. The maximum Gasteiger partial charge on any atom is 0.225 e. The lowest BCUT2D eigenvalue weighted by molar-refractivity contribution is -0.141. The van der Waals surface area contributed by atoms with E-state index in [0.717, 1.165) is 31.2 Å². The number of nitrogens with one attached hydrogen (secondary N) is 1. The van der Waals surface area contributed by atoms with Crippen LogP contribution in [0.3, 0.4) is 0 Å². The SMILES string of the molecule is O=C(NCCc1ccc(F)cc1)C1CCN(C(=O)C2CCC2)CC1. The van der Waals surface area contributed by atoms with Gasteiger partial charge in [-0.1, -0.05) is 18.6 Å². The van der Waals surface area contributed by atoms with Gasteiger partial charge >= 0.3 is 0 Å². The number of halogens is 1. The minimum absolute atomic E-state index is 0.00339. The molecule has 0 atom stereocenters. The first-order valence-corrected chi connectivity index (χ1v) is 8.94. The molecular formula is C19H25FN2O2. The molecule has 2 amide bonds. The number of amides is 2. The van der Waals surface area contributed by atoms with Crippen LogP contribution in [0.25, 0.3) is 0 Å². The number of carbonyl (C=O) groups is 2. The van der Waals surface area contributed by atoms with Crippen LogP contribution in [-0.2, 0) is 16.0 Å². The van der Waals surface area contributed by atoms with E-state index in [1.165, 1.54) is 18.6 Å². The van der Waals surface area contributed by atoms with Gasteiger partial charge in [0.2, 0.25) is 11.8 Å². The summed E-state index contributed by atoms with van der Waals surface area (Å²) in [5, 5.41) is 2.97. The number of carbonyl (C=O) groups excluding carboxylic acids is 2. The summed E-state index contributed by atoms with van der Waals surface area (Å²) in [5.74, 6) is 0.366. The molecule has 4 nitrogen and oxygen atoms in total. The Hall–Kier alpha value is -1.91. The largest absolute Gasteiger partial charge is 0.356 e. The fraction of sp³-hybridized carbons (Fsp3) is 0.579. The third-order valence-electron chi connectivity index (χ3n) is 5.26. The second-order valence-corrected chi connectivity index (χ2v) is 6.89. The van der Waals surface area contributed by atoms with E-state index in [1.54, 1.807) is 12.1 Å². The highest BCUT2D eigenvalue weighted by molar-refractivity contribution is 5.81. The van der Waals surface area contributed by atoms with Gasteiger partial charge in [0.25, 0.3) is 0 Å². The van der Waals surface area contributed by atoms with E-state index >= 15 is 0 Å². The molecule has 2 aliphatic rings. The Kier molecular flexibility index (Phi) is 5.48. The van der Waals surface area contributed by atoms with Crippen LogP contribution in [-0.4, -0.2) is 36.3 Å². The zero-order chi connectivity index (χ0) is 16.9. The summed E-state index contributed by atoms with van der Waals surface area (Å²) in [4.78, 5) is 26.4. The van der Waals surface area contributed by atoms with Crippen LogP contribution in [0.2, 0.25) is 0 Å². The lowest BCUT2D eigenvalue weighted by Crippen LogP contribution is -2.46. The van der Waals surface area contributed by atoms with Gasteiger partial charge in [0, 0.05) is 31.5 Å². The van der Waals surface area contributed by atoms with Gasteiger partial charge in [-0.05, 0) is 49.8 Å². The van der Waals surface area contributed by atoms with E-state index in [9.17, 15) is 14.0 Å². The first-order valence-electron chi connectivity index (χ1n) is 8.94. The number of likely N-dealkylation sites (tertiary alicyclic amines) is 1. The van der Waals surface area contributed by atoms with Crippen LogP contribution < -0.4 is 5.32 Å². The van der Waals surface area contributed by atoms with Crippen molar-refractivity contribution in [2.45, 2.75) is 38.5 Å². The van der Waals surface area contributed by atoms with E-state index in [4.69, 9.17) is 0 Å². The Labute approximate surface area is 142 Å².